The lowest BCUT2D eigenvalue weighted by Crippen LogP contribution is -2.20. The number of halogens is 3. The second kappa shape index (κ2) is 8.79. The number of ether oxygens (including phenoxy) is 1. The van der Waals surface area contributed by atoms with E-state index in [2.05, 4.69) is 30.7 Å². The van der Waals surface area contributed by atoms with Gasteiger partial charge >= 0.3 is 6.18 Å². The van der Waals surface area contributed by atoms with Crippen LogP contribution in [0.2, 0.25) is 0 Å². The molecule has 0 aliphatic rings. The van der Waals surface area contributed by atoms with E-state index in [9.17, 15) is 13.2 Å². The minimum atomic E-state index is -4.57. The van der Waals surface area contributed by atoms with Gasteiger partial charge in [0.2, 0.25) is 5.95 Å². The molecule has 2 heterocycles. The molecule has 8 nitrogen and oxygen atoms in total. The van der Waals surface area contributed by atoms with Crippen molar-refractivity contribution in [1.29, 1.82) is 0 Å². The Labute approximate surface area is 181 Å². The molecule has 2 aromatic carbocycles. The topological polar surface area (TPSA) is 91.9 Å². The standard InChI is InChI=1S/C21H20F3N7O/c1-31(2)11-12-32-19-17(13-7-3-5-9-15(13)21(22,23)24)25-20(30-29-19)26-18-14-8-4-6-10-16(14)27-28-18/h3-10H,11-12H2,1-2H3,(H2,25,26,27,28,30). The van der Waals surface area contributed by atoms with Crippen LogP contribution in [0.25, 0.3) is 22.2 Å². The molecule has 4 aromatic rings. The minimum absolute atomic E-state index is 0.00538. The van der Waals surface area contributed by atoms with Crippen LogP contribution in [0.1, 0.15) is 5.56 Å². The van der Waals surface area contributed by atoms with Gasteiger partial charge in [0.25, 0.3) is 5.88 Å². The monoisotopic (exact) mass is 443 g/mol. The maximum absolute atomic E-state index is 13.7. The highest BCUT2D eigenvalue weighted by atomic mass is 19.4. The fourth-order valence-corrected chi connectivity index (χ4v) is 3.07. The Morgan fingerprint density at radius 3 is 2.56 bits per heavy atom. The first-order chi connectivity index (χ1) is 15.3. The molecule has 32 heavy (non-hydrogen) atoms. The number of fused-ring (bicyclic) bond motifs is 1. The first kappa shape index (κ1) is 21.5. The lowest BCUT2D eigenvalue weighted by atomic mass is 10.0. The number of para-hydroxylation sites is 1. The van der Waals surface area contributed by atoms with Crippen molar-refractivity contribution in [3.05, 3.63) is 54.1 Å². The molecule has 166 valence electrons. The molecular formula is C21H20F3N7O. The van der Waals surface area contributed by atoms with Gasteiger partial charge in [-0.15, -0.1) is 10.2 Å². The molecule has 2 aromatic heterocycles. The average molecular weight is 443 g/mol. The smallest absolute Gasteiger partial charge is 0.417 e. The molecule has 4 rings (SSSR count). The molecule has 11 heteroatoms. The summed E-state index contributed by atoms with van der Waals surface area (Å²) >= 11 is 0. The number of benzene rings is 2. The van der Waals surface area contributed by atoms with Crippen LogP contribution in [0.3, 0.4) is 0 Å². The molecule has 0 unspecified atom stereocenters. The molecule has 0 saturated carbocycles. The van der Waals surface area contributed by atoms with Gasteiger partial charge < -0.3 is 15.0 Å². The largest absolute Gasteiger partial charge is 0.474 e. The molecule has 0 spiro atoms. The van der Waals surface area contributed by atoms with Gasteiger partial charge in [-0.2, -0.15) is 18.3 Å². The molecule has 0 fully saturated rings. The van der Waals surface area contributed by atoms with Crippen molar-refractivity contribution < 1.29 is 17.9 Å². The summed E-state index contributed by atoms with van der Waals surface area (Å²) in [5.41, 5.74) is -0.262. The van der Waals surface area contributed by atoms with E-state index in [4.69, 9.17) is 4.74 Å². The van der Waals surface area contributed by atoms with Crippen molar-refractivity contribution in [2.75, 3.05) is 32.6 Å². The second-order valence-corrected chi connectivity index (χ2v) is 7.23. The summed E-state index contributed by atoms with van der Waals surface area (Å²) in [6, 6.07) is 12.5. The lowest BCUT2D eigenvalue weighted by Gasteiger charge is -2.16. The van der Waals surface area contributed by atoms with Crippen LogP contribution in [0.15, 0.2) is 48.5 Å². The van der Waals surface area contributed by atoms with Gasteiger partial charge in [0.1, 0.15) is 12.3 Å². The zero-order chi connectivity index (χ0) is 22.7. The van der Waals surface area contributed by atoms with Crippen LogP contribution >= 0.6 is 0 Å². The van der Waals surface area contributed by atoms with Crippen LogP contribution in [-0.4, -0.2) is 57.5 Å². The van der Waals surface area contributed by atoms with E-state index in [1.165, 1.54) is 18.2 Å². The summed E-state index contributed by atoms with van der Waals surface area (Å²) < 4.78 is 46.6. The molecule has 0 aliphatic carbocycles. The number of nitrogens with one attached hydrogen (secondary N) is 2. The Hall–Kier alpha value is -3.73. The Kier molecular flexibility index (Phi) is 5.91. The van der Waals surface area contributed by atoms with Gasteiger partial charge in [-0.3, -0.25) is 5.10 Å². The van der Waals surface area contributed by atoms with Gasteiger partial charge in [0.15, 0.2) is 5.82 Å². The van der Waals surface area contributed by atoms with Crippen LogP contribution in [0, 0.1) is 0 Å². The first-order valence-electron chi connectivity index (χ1n) is 9.72. The van der Waals surface area contributed by atoms with E-state index < -0.39 is 11.7 Å². The van der Waals surface area contributed by atoms with Gasteiger partial charge in [0, 0.05) is 17.5 Å². The van der Waals surface area contributed by atoms with Gasteiger partial charge in [-0.05, 0) is 32.3 Å². The number of hydrogen-bond acceptors (Lipinski definition) is 7. The lowest BCUT2D eigenvalue weighted by molar-refractivity contribution is -0.137. The summed E-state index contributed by atoms with van der Waals surface area (Å²) in [4.78, 5) is 6.20. The van der Waals surface area contributed by atoms with Crippen molar-refractivity contribution in [3.63, 3.8) is 0 Å². The predicted molar refractivity (Wildman–Crippen MR) is 114 cm³/mol. The van der Waals surface area contributed by atoms with Gasteiger partial charge in [0.05, 0.1) is 11.1 Å². The Morgan fingerprint density at radius 1 is 1.03 bits per heavy atom. The highest BCUT2D eigenvalue weighted by Crippen LogP contribution is 2.39. The van der Waals surface area contributed by atoms with Crippen LogP contribution in [-0.2, 0) is 6.18 Å². The normalized spacial score (nSPS) is 11.8. The number of H-pyrrole nitrogens is 1. The minimum Gasteiger partial charge on any atom is -0.474 e. The van der Waals surface area contributed by atoms with E-state index in [0.29, 0.717) is 12.4 Å². The number of aromatic nitrogens is 5. The van der Waals surface area contributed by atoms with Crippen LogP contribution < -0.4 is 10.1 Å². The number of alkyl halides is 3. The summed E-state index contributed by atoms with van der Waals surface area (Å²) in [6.07, 6.45) is -4.57. The third-order valence-corrected chi connectivity index (χ3v) is 4.62. The Bertz CT molecular complexity index is 1220. The average Bonchev–Trinajstić information content (AvgIpc) is 3.17. The third kappa shape index (κ3) is 4.62. The number of rotatable bonds is 7. The highest BCUT2D eigenvalue weighted by molar-refractivity contribution is 5.90. The Morgan fingerprint density at radius 2 is 1.78 bits per heavy atom. The van der Waals surface area contributed by atoms with Gasteiger partial charge in [-0.1, -0.05) is 30.3 Å². The molecule has 0 radical (unpaired) electrons. The quantitative estimate of drug-likeness (QED) is 0.444. The third-order valence-electron chi connectivity index (χ3n) is 4.62. The second-order valence-electron chi connectivity index (χ2n) is 7.23. The molecular weight excluding hydrogens is 423 g/mol. The van der Waals surface area contributed by atoms with E-state index in [1.54, 1.807) is 0 Å². The van der Waals surface area contributed by atoms with E-state index in [0.717, 1.165) is 17.0 Å². The number of hydrogen-bond donors (Lipinski definition) is 2. The molecule has 2 N–H and O–H groups in total. The zero-order valence-electron chi connectivity index (χ0n) is 17.3. The van der Waals surface area contributed by atoms with Crippen molar-refractivity contribution in [3.8, 4) is 17.1 Å². The van der Waals surface area contributed by atoms with E-state index in [1.807, 2.05) is 43.3 Å². The molecule has 0 atom stereocenters. The van der Waals surface area contributed by atoms with Crippen LogP contribution in [0.5, 0.6) is 5.88 Å². The predicted octanol–water partition coefficient (Wildman–Crippen LogP) is 4.12. The van der Waals surface area contributed by atoms with Crippen molar-refractivity contribution in [1.82, 2.24) is 30.3 Å². The SMILES string of the molecule is CN(C)CCOc1nnc(Nc2n[nH]c3ccccc23)nc1-c1ccccc1C(F)(F)F. The van der Waals surface area contributed by atoms with Gasteiger partial charge in [-0.25, -0.2) is 4.98 Å². The fraction of sp³-hybridized carbons (Fsp3) is 0.238. The first-order valence-corrected chi connectivity index (χ1v) is 9.72. The van der Waals surface area contributed by atoms with Crippen molar-refractivity contribution >= 4 is 22.7 Å². The molecule has 0 amide bonds. The molecule has 0 aliphatic heterocycles. The number of aromatic amines is 1. The van der Waals surface area contributed by atoms with Crippen LogP contribution in [0.4, 0.5) is 24.9 Å². The zero-order valence-corrected chi connectivity index (χ0v) is 17.3. The maximum atomic E-state index is 13.7. The Balaban J connectivity index is 1.75. The number of anilines is 2. The van der Waals surface area contributed by atoms with E-state index >= 15 is 0 Å². The maximum Gasteiger partial charge on any atom is 0.417 e. The van der Waals surface area contributed by atoms with Crippen molar-refractivity contribution in [2.24, 2.45) is 0 Å². The summed E-state index contributed by atoms with van der Waals surface area (Å²) in [5.74, 6) is 0.342. The number of likely N-dealkylation sites (N-methyl/N-ethyl adjacent to an activating group) is 1. The van der Waals surface area contributed by atoms with E-state index in [-0.39, 0.29) is 29.7 Å². The molecule has 0 bridgehead atoms. The highest BCUT2D eigenvalue weighted by Gasteiger charge is 2.35. The van der Waals surface area contributed by atoms with Crippen molar-refractivity contribution in [2.45, 2.75) is 6.18 Å². The molecule has 0 saturated heterocycles. The fourth-order valence-electron chi connectivity index (χ4n) is 3.07. The summed E-state index contributed by atoms with van der Waals surface area (Å²) in [7, 11) is 3.71. The number of nitrogens with zero attached hydrogens (tertiary/aromatic N) is 5. The summed E-state index contributed by atoms with van der Waals surface area (Å²) in [5, 5.41) is 18.8. The summed E-state index contributed by atoms with van der Waals surface area (Å²) in [6.45, 7) is 0.753.